The monoisotopic (exact) mass is 278 g/mol. The van der Waals surface area contributed by atoms with E-state index in [1.807, 2.05) is 13.0 Å². The van der Waals surface area contributed by atoms with Crippen LogP contribution in [0.3, 0.4) is 0 Å². The highest BCUT2D eigenvalue weighted by Crippen LogP contribution is 2.31. The minimum atomic E-state index is -0.123. The van der Waals surface area contributed by atoms with Crippen molar-refractivity contribution >= 4 is 22.7 Å². The Labute approximate surface area is 116 Å². The molecule has 0 amide bonds. The number of benzene rings is 1. The Hall–Kier alpha value is -1.26. The van der Waals surface area contributed by atoms with E-state index < -0.39 is 0 Å². The molecule has 0 saturated carbocycles. The summed E-state index contributed by atoms with van der Waals surface area (Å²) in [6.07, 6.45) is 0.664. The van der Waals surface area contributed by atoms with E-state index >= 15 is 0 Å². The van der Waals surface area contributed by atoms with Gasteiger partial charge < -0.3 is 9.52 Å². The molecule has 0 saturated heterocycles. The summed E-state index contributed by atoms with van der Waals surface area (Å²) in [5, 5.41) is 10.6. The van der Waals surface area contributed by atoms with Crippen LogP contribution in [0.4, 0.5) is 0 Å². The quantitative estimate of drug-likeness (QED) is 0.871. The van der Waals surface area contributed by atoms with E-state index in [-0.39, 0.29) is 12.0 Å². The van der Waals surface area contributed by atoms with Crippen molar-refractivity contribution in [1.29, 1.82) is 0 Å². The fraction of sp³-hybridized carbons (Fsp3) is 0.400. The Bertz CT molecular complexity index is 644. The van der Waals surface area contributed by atoms with Crippen LogP contribution in [-0.4, -0.2) is 10.4 Å². The predicted octanol–water partition coefficient (Wildman–Crippen LogP) is 3.35. The van der Waals surface area contributed by atoms with Gasteiger partial charge in [0.2, 0.25) is 0 Å². The van der Waals surface area contributed by atoms with Crippen molar-refractivity contribution in [1.82, 2.24) is 0 Å². The van der Waals surface area contributed by atoms with Gasteiger partial charge in [-0.3, -0.25) is 4.79 Å². The molecule has 102 valence electrons. The number of fused-ring (bicyclic) bond motifs is 1. The number of aliphatic hydroxyl groups is 1. The Morgan fingerprint density at radius 3 is 2.68 bits per heavy atom. The Kier molecular flexibility index (Phi) is 4.32. The molecule has 0 aliphatic heterocycles. The summed E-state index contributed by atoms with van der Waals surface area (Å²) in [5.41, 5.74) is 1.19. The number of rotatable bonds is 4. The van der Waals surface area contributed by atoms with Crippen LogP contribution in [0.1, 0.15) is 32.1 Å². The first-order valence-electron chi connectivity index (χ1n) is 6.43. The topological polar surface area (TPSA) is 50.4 Å². The number of aryl methyl sites for hydroxylation is 1. The van der Waals surface area contributed by atoms with E-state index in [9.17, 15) is 9.90 Å². The van der Waals surface area contributed by atoms with Crippen LogP contribution in [0.25, 0.3) is 11.0 Å². The van der Waals surface area contributed by atoms with Gasteiger partial charge in [0, 0.05) is 28.2 Å². The summed E-state index contributed by atoms with van der Waals surface area (Å²) < 4.78 is 5.76. The highest BCUT2D eigenvalue weighted by molar-refractivity contribution is 8.00. The van der Waals surface area contributed by atoms with Crippen molar-refractivity contribution in [2.24, 2.45) is 0 Å². The van der Waals surface area contributed by atoms with E-state index in [2.05, 4.69) is 13.8 Å². The molecule has 0 spiro atoms. The fourth-order valence-electron chi connectivity index (χ4n) is 1.99. The molecule has 3 nitrogen and oxygen atoms in total. The van der Waals surface area contributed by atoms with Crippen molar-refractivity contribution in [3.63, 3.8) is 0 Å². The summed E-state index contributed by atoms with van der Waals surface area (Å²) in [7, 11) is 0. The molecule has 0 atom stereocenters. The molecule has 1 heterocycles. The zero-order chi connectivity index (χ0) is 14.0. The lowest BCUT2D eigenvalue weighted by atomic mass is 10.1. The largest absolute Gasteiger partial charge is 0.460 e. The first-order valence-corrected chi connectivity index (χ1v) is 7.31. The van der Waals surface area contributed by atoms with Crippen LogP contribution in [0.15, 0.2) is 32.3 Å². The van der Waals surface area contributed by atoms with Crippen LogP contribution in [-0.2, 0) is 13.0 Å². The second-order valence-electron chi connectivity index (χ2n) is 4.67. The van der Waals surface area contributed by atoms with E-state index in [0.29, 0.717) is 34.0 Å². The molecule has 1 aromatic carbocycles. The van der Waals surface area contributed by atoms with Gasteiger partial charge >= 0.3 is 0 Å². The molecule has 0 aliphatic carbocycles. The zero-order valence-electron chi connectivity index (χ0n) is 11.4. The van der Waals surface area contributed by atoms with Gasteiger partial charge in [-0.1, -0.05) is 20.8 Å². The summed E-state index contributed by atoms with van der Waals surface area (Å²) in [6.45, 7) is 6.00. The summed E-state index contributed by atoms with van der Waals surface area (Å²) >= 11 is 1.66. The third-order valence-electron chi connectivity index (χ3n) is 2.88. The fourth-order valence-corrected chi connectivity index (χ4v) is 2.95. The van der Waals surface area contributed by atoms with Gasteiger partial charge in [0.15, 0.2) is 5.43 Å². The number of thioether (sulfide) groups is 1. The second kappa shape index (κ2) is 5.80. The molecule has 19 heavy (non-hydrogen) atoms. The highest BCUT2D eigenvalue weighted by Gasteiger charge is 2.13. The highest BCUT2D eigenvalue weighted by atomic mass is 32.2. The van der Waals surface area contributed by atoms with Crippen LogP contribution in [0.2, 0.25) is 0 Å². The number of hydrogen-bond acceptors (Lipinski definition) is 4. The maximum atomic E-state index is 12.0. The lowest BCUT2D eigenvalue weighted by Gasteiger charge is -2.12. The molecule has 0 unspecified atom stereocenters. The number of hydrogen-bond donors (Lipinski definition) is 1. The average molecular weight is 278 g/mol. The van der Waals surface area contributed by atoms with Gasteiger partial charge in [0.05, 0.1) is 12.0 Å². The smallest absolute Gasteiger partial charge is 0.192 e. The van der Waals surface area contributed by atoms with Crippen molar-refractivity contribution in [2.45, 2.75) is 43.9 Å². The molecule has 0 aliphatic rings. The average Bonchev–Trinajstić information content (AvgIpc) is 2.37. The van der Waals surface area contributed by atoms with Crippen LogP contribution in [0.5, 0.6) is 0 Å². The van der Waals surface area contributed by atoms with Crippen molar-refractivity contribution in [3.05, 3.63) is 39.7 Å². The van der Waals surface area contributed by atoms with Gasteiger partial charge in [0.25, 0.3) is 0 Å². The van der Waals surface area contributed by atoms with E-state index in [0.717, 1.165) is 4.90 Å². The van der Waals surface area contributed by atoms with Gasteiger partial charge in [-0.05, 0) is 12.1 Å². The Morgan fingerprint density at radius 2 is 2.11 bits per heavy atom. The van der Waals surface area contributed by atoms with Crippen molar-refractivity contribution < 1.29 is 9.52 Å². The van der Waals surface area contributed by atoms with Crippen LogP contribution < -0.4 is 5.43 Å². The van der Waals surface area contributed by atoms with Crippen molar-refractivity contribution in [2.75, 3.05) is 0 Å². The Balaban J connectivity index is 2.73. The molecule has 0 bridgehead atoms. The first kappa shape index (κ1) is 14.2. The second-order valence-corrected chi connectivity index (χ2v) is 6.29. The van der Waals surface area contributed by atoms with Gasteiger partial charge in [0.1, 0.15) is 11.3 Å². The SMILES string of the molecule is CCc1cc(=O)c2ccc(SC(C)C)c(CO)c2o1. The molecule has 0 radical (unpaired) electrons. The maximum absolute atomic E-state index is 12.0. The van der Waals surface area contributed by atoms with Gasteiger partial charge in [-0.15, -0.1) is 11.8 Å². The maximum Gasteiger partial charge on any atom is 0.192 e. The lowest BCUT2D eigenvalue weighted by Crippen LogP contribution is -2.04. The summed E-state index contributed by atoms with van der Waals surface area (Å²) in [5.74, 6) is 0.652. The third-order valence-corrected chi connectivity index (χ3v) is 3.99. The molecule has 2 rings (SSSR count). The molecular formula is C15H18O3S. The molecule has 4 heteroatoms. The summed E-state index contributed by atoms with van der Waals surface area (Å²) in [4.78, 5) is 13.0. The van der Waals surface area contributed by atoms with Gasteiger partial charge in [-0.25, -0.2) is 0 Å². The predicted molar refractivity (Wildman–Crippen MR) is 78.8 cm³/mol. The normalized spacial score (nSPS) is 11.4. The first-order chi connectivity index (χ1) is 9.06. The molecule has 2 aromatic rings. The van der Waals surface area contributed by atoms with Crippen LogP contribution >= 0.6 is 11.8 Å². The van der Waals surface area contributed by atoms with E-state index in [1.165, 1.54) is 6.07 Å². The standard InChI is InChI=1S/C15H18O3S/c1-4-10-7-13(17)11-5-6-14(19-9(2)3)12(8-16)15(11)18-10/h5-7,9,16H,4,8H2,1-3H3. The molecule has 1 aromatic heterocycles. The van der Waals surface area contributed by atoms with E-state index in [4.69, 9.17) is 4.42 Å². The zero-order valence-corrected chi connectivity index (χ0v) is 12.2. The molecular weight excluding hydrogens is 260 g/mol. The minimum absolute atomic E-state index is 0.0473. The third kappa shape index (κ3) is 2.85. The van der Waals surface area contributed by atoms with Crippen LogP contribution in [0, 0.1) is 0 Å². The van der Waals surface area contributed by atoms with Gasteiger partial charge in [-0.2, -0.15) is 0 Å². The van der Waals surface area contributed by atoms with Crippen molar-refractivity contribution in [3.8, 4) is 0 Å². The lowest BCUT2D eigenvalue weighted by molar-refractivity contribution is 0.278. The number of aliphatic hydroxyl groups excluding tert-OH is 1. The molecule has 1 N–H and O–H groups in total. The molecule has 0 fully saturated rings. The van der Waals surface area contributed by atoms with E-state index in [1.54, 1.807) is 17.8 Å². The Morgan fingerprint density at radius 1 is 1.37 bits per heavy atom. The summed E-state index contributed by atoms with van der Waals surface area (Å²) in [6, 6.07) is 5.20. The minimum Gasteiger partial charge on any atom is -0.460 e.